The summed E-state index contributed by atoms with van der Waals surface area (Å²) in [6, 6.07) is 10.4. The van der Waals surface area contributed by atoms with E-state index in [1.165, 1.54) is 42.5 Å². The van der Waals surface area contributed by atoms with Gasteiger partial charge < -0.3 is 10.6 Å². The zero-order chi connectivity index (χ0) is 20.0. The Kier molecular flexibility index (Phi) is 6.51. The average Bonchev–Trinajstić information content (AvgIpc) is 2.61. The van der Waals surface area contributed by atoms with Gasteiger partial charge in [-0.2, -0.15) is 0 Å². The molecule has 0 saturated heterocycles. The number of carbonyl (C=O) groups excluding carboxylic acids is 2. The SMILES string of the molecule is CC(C)NC(=O)CNC(=O)c1ccc(S(=O)(=O)Nc2ccccc2F)cc1. The number of rotatable bonds is 7. The van der Waals surface area contributed by atoms with E-state index in [0.29, 0.717) is 0 Å². The van der Waals surface area contributed by atoms with E-state index in [4.69, 9.17) is 0 Å². The van der Waals surface area contributed by atoms with Crippen molar-refractivity contribution in [1.82, 2.24) is 10.6 Å². The number of amides is 2. The van der Waals surface area contributed by atoms with Crippen molar-refractivity contribution in [3.05, 3.63) is 59.9 Å². The van der Waals surface area contributed by atoms with E-state index in [1.54, 1.807) is 13.8 Å². The lowest BCUT2D eigenvalue weighted by Crippen LogP contribution is -2.39. The molecular weight excluding hydrogens is 373 g/mol. The summed E-state index contributed by atoms with van der Waals surface area (Å²) in [5.74, 6) is -1.54. The highest BCUT2D eigenvalue weighted by atomic mass is 32.2. The molecule has 2 aromatic rings. The molecule has 0 unspecified atom stereocenters. The molecule has 0 heterocycles. The number of anilines is 1. The molecule has 0 aliphatic rings. The third-order valence-electron chi connectivity index (χ3n) is 3.40. The van der Waals surface area contributed by atoms with Gasteiger partial charge >= 0.3 is 0 Å². The van der Waals surface area contributed by atoms with E-state index in [9.17, 15) is 22.4 Å². The summed E-state index contributed by atoms with van der Waals surface area (Å²) in [5, 5.41) is 5.08. The predicted molar refractivity (Wildman–Crippen MR) is 99.3 cm³/mol. The second-order valence-electron chi connectivity index (χ2n) is 6.01. The highest BCUT2D eigenvalue weighted by molar-refractivity contribution is 7.92. The van der Waals surface area contributed by atoms with Crippen LogP contribution in [0.3, 0.4) is 0 Å². The van der Waals surface area contributed by atoms with Gasteiger partial charge in [-0.15, -0.1) is 0 Å². The van der Waals surface area contributed by atoms with Crippen LogP contribution in [0.15, 0.2) is 53.4 Å². The van der Waals surface area contributed by atoms with Crippen LogP contribution in [0.2, 0.25) is 0 Å². The minimum Gasteiger partial charge on any atom is -0.352 e. The Morgan fingerprint density at radius 2 is 1.67 bits per heavy atom. The molecule has 7 nitrogen and oxygen atoms in total. The number of sulfonamides is 1. The summed E-state index contributed by atoms with van der Waals surface area (Å²) in [7, 11) is -4.00. The van der Waals surface area contributed by atoms with Gasteiger partial charge in [0.25, 0.3) is 15.9 Å². The van der Waals surface area contributed by atoms with Gasteiger partial charge in [-0.25, -0.2) is 12.8 Å². The predicted octanol–water partition coefficient (Wildman–Crippen LogP) is 1.88. The molecule has 2 aromatic carbocycles. The summed E-state index contributed by atoms with van der Waals surface area (Å²) in [6.45, 7) is 3.41. The molecule has 0 bridgehead atoms. The van der Waals surface area contributed by atoms with Gasteiger partial charge in [0.05, 0.1) is 17.1 Å². The van der Waals surface area contributed by atoms with Crippen molar-refractivity contribution >= 4 is 27.5 Å². The molecule has 2 amide bonds. The molecule has 27 heavy (non-hydrogen) atoms. The quantitative estimate of drug-likeness (QED) is 0.668. The van der Waals surface area contributed by atoms with Crippen LogP contribution >= 0.6 is 0 Å². The van der Waals surface area contributed by atoms with E-state index < -0.39 is 21.7 Å². The number of benzene rings is 2. The summed E-state index contributed by atoms with van der Waals surface area (Å²) in [6.07, 6.45) is 0. The molecule has 2 rings (SSSR count). The van der Waals surface area contributed by atoms with E-state index in [0.717, 1.165) is 6.07 Å². The summed E-state index contributed by atoms with van der Waals surface area (Å²) < 4.78 is 40.4. The first kappa shape index (κ1) is 20.4. The third kappa shape index (κ3) is 5.78. The van der Waals surface area contributed by atoms with Crippen LogP contribution < -0.4 is 15.4 Å². The molecule has 3 N–H and O–H groups in total. The minimum absolute atomic E-state index is 0.0409. The van der Waals surface area contributed by atoms with Crippen LogP contribution in [-0.2, 0) is 14.8 Å². The first-order chi connectivity index (χ1) is 12.7. The summed E-state index contributed by atoms with van der Waals surface area (Å²) in [5.41, 5.74) is 0.0210. The lowest BCUT2D eigenvalue weighted by molar-refractivity contribution is -0.120. The second-order valence-corrected chi connectivity index (χ2v) is 7.70. The zero-order valence-electron chi connectivity index (χ0n) is 14.8. The number of hydrogen-bond donors (Lipinski definition) is 3. The van der Waals surface area contributed by atoms with Gasteiger partial charge in [-0.3, -0.25) is 14.3 Å². The standard InChI is InChI=1S/C18H20FN3O4S/c1-12(2)21-17(23)11-20-18(24)13-7-9-14(10-8-13)27(25,26)22-16-6-4-3-5-15(16)19/h3-10,12,22H,11H2,1-2H3,(H,20,24)(H,21,23). The fourth-order valence-electron chi connectivity index (χ4n) is 2.17. The number of para-hydroxylation sites is 1. The Morgan fingerprint density at radius 3 is 2.26 bits per heavy atom. The van der Waals surface area contributed by atoms with Gasteiger partial charge in [0, 0.05) is 11.6 Å². The minimum atomic E-state index is -4.00. The molecule has 0 saturated carbocycles. The maximum atomic E-state index is 13.6. The molecule has 0 aromatic heterocycles. The van der Waals surface area contributed by atoms with Crippen LogP contribution in [0, 0.1) is 5.82 Å². The zero-order valence-corrected chi connectivity index (χ0v) is 15.6. The highest BCUT2D eigenvalue weighted by Gasteiger charge is 2.17. The third-order valence-corrected chi connectivity index (χ3v) is 4.79. The fraction of sp³-hybridized carbons (Fsp3) is 0.222. The molecule has 0 aliphatic carbocycles. The summed E-state index contributed by atoms with van der Waals surface area (Å²) >= 11 is 0. The molecule has 0 aliphatic heterocycles. The molecular formula is C18H20FN3O4S. The summed E-state index contributed by atoms with van der Waals surface area (Å²) in [4.78, 5) is 23.4. The Balaban J connectivity index is 2.04. The van der Waals surface area contributed by atoms with Crippen molar-refractivity contribution in [3.8, 4) is 0 Å². The van der Waals surface area contributed by atoms with Gasteiger partial charge in [0.2, 0.25) is 5.91 Å². The van der Waals surface area contributed by atoms with Crippen LogP contribution in [0.1, 0.15) is 24.2 Å². The molecule has 9 heteroatoms. The molecule has 0 fully saturated rings. The lowest BCUT2D eigenvalue weighted by atomic mass is 10.2. The van der Waals surface area contributed by atoms with Crippen molar-refractivity contribution in [2.45, 2.75) is 24.8 Å². The van der Waals surface area contributed by atoms with Crippen molar-refractivity contribution in [2.24, 2.45) is 0 Å². The molecule has 0 atom stereocenters. The van der Waals surface area contributed by atoms with Crippen LogP contribution in [0.25, 0.3) is 0 Å². The fourth-order valence-corrected chi connectivity index (χ4v) is 3.24. The topological polar surface area (TPSA) is 104 Å². The largest absolute Gasteiger partial charge is 0.352 e. The van der Waals surface area contributed by atoms with Crippen LogP contribution in [0.4, 0.5) is 10.1 Å². The van der Waals surface area contributed by atoms with Crippen molar-refractivity contribution < 1.29 is 22.4 Å². The van der Waals surface area contributed by atoms with Crippen LogP contribution in [0.5, 0.6) is 0 Å². The van der Waals surface area contributed by atoms with Gasteiger partial charge in [-0.1, -0.05) is 12.1 Å². The second kappa shape index (κ2) is 8.63. The monoisotopic (exact) mass is 393 g/mol. The Morgan fingerprint density at radius 1 is 1.04 bits per heavy atom. The Labute approximate surface area is 157 Å². The smallest absolute Gasteiger partial charge is 0.261 e. The number of halogens is 1. The Hall–Kier alpha value is -2.94. The van der Waals surface area contributed by atoms with Gasteiger partial charge in [0.1, 0.15) is 5.82 Å². The average molecular weight is 393 g/mol. The number of nitrogens with one attached hydrogen (secondary N) is 3. The van der Waals surface area contributed by atoms with Crippen molar-refractivity contribution in [1.29, 1.82) is 0 Å². The number of hydrogen-bond acceptors (Lipinski definition) is 4. The van der Waals surface area contributed by atoms with E-state index in [-0.39, 0.29) is 34.6 Å². The Bertz CT molecular complexity index is 928. The van der Waals surface area contributed by atoms with E-state index >= 15 is 0 Å². The normalized spacial score (nSPS) is 11.1. The maximum Gasteiger partial charge on any atom is 0.261 e. The maximum absolute atomic E-state index is 13.6. The molecule has 0 spiro atoms. The molecule has 144 valence electrons. The van der Waals surface area contributed by atoms with Gasteiger partial charge in [0.15, 0.2) is 0 Å². The van der Waals surface area contributed by atoms with Crippen LogP contribution in [-0.4, -0.2) is 32.8 Å². The molecule has 0 radical (unpaired) electrons. The first-order valence-electron chi connectivity index (χ1n) is 8.14. The first-order valence-corrected chi connectivity index (χ1v) is 9.62. The van der Waals surface area contributed by atoms with E-state index in [1.807, 2.05) is 0 Å². The highest BCUT2D eigenvalue weighted by Crippen LogP contribution is 2.19. The van der Waals surface area contributed by atoms with Gasteiger partial charge in [-0.05, 0) is 50.2 Å². The van der Waals surface area contributed by atoms with Crippen molar-refractivity contribution in [2.75, 3.05) is 11.3 Å². The van der Waals surface area contributed by atoms with Crippen molar-refractivity contribution in [3.63, 3.8) is 0 Å². The number of carbonyl (C=O) groups is 2. The lowest BCUT2D eigenvalue weighted by Gasteiger charge is -2.10. The van der Waals surface area contributed by atoms with E-state index in [2.05, 4.69) is 15.4 Å².